The first-order chi connectivity index (χ1) is 18.5. The summed E-state index contributed by atoms with van der Waals surface area (Å²) in [5.41, 5.74) is 2.64. The fraction of sp³-hybridized carbons (Fsp3) is 0.321. The smallest absolute Gasteiger partial charge is 0.264 e. The number of anilines is 1. The minimum Gasteiger partial charge on any atom is -0.496 e. The van der Waals surface area contributed by atoms with E-state index < -0.39 is 28.0 Å². The molecule has 0 spiro atoms. The predicted octanol–water partition coefficient (Wildman–Crippen LogP) is 2.11. The highest BCUT2D eigenvalue weighted by atomic mass is 32.2. The summed E-state index contributed by atoms with van der Waals surface area (Å²) in [6, 6.07) is 14.9. The van der Waals surface area contributed by atoms with Gasteiger partial charge in [-0.3, -0.25) is 14.4 Å². The van der Waals surface area contributed by atoms with Gasteiger partial charge in [-0.2, -0.15) is 0 Å². The van der Waals surface area contributed by atoms with Crippen LogP contribution in [0.3, 0.4) is 0 Å². The van der Waals surface area contributed by atoms with Crippen LogP contribution in [-0.2, 0) is 32.6 Å². The summed E-state index contributed by atoms with van der Waals surface area (Å²) in [7, 11) is -0.494. The van der Waals surface area contributed by atoms with Gasteiger partial charge in [-0.15, -0.1) is 0 Å². The van der Waals surface area contributed by atoms with Crippen molar-refractivity contribution in [3.63, 3.8) is 0 Å². The van der Waals surface area contributed by atoms with Crippen LogP contribution in [0.25, 0.3) is 10.8 Å². The highest BCUT2D eigenvalue weighted by Gasteiger charge is 2.33. The van der Waals surface area contributed by atoms with Crippen LogP contribution in [0.1, 0.15) is 34.8 Å². The van der Waals surface area contributed by atoms with Crippen LogP contribution in [-0.4, -0.2) is 58.6 Å². The van der Waals surface area contributed by atoms with Gasteiger partial charge in [-0.25, -0.2) is 13.1 Å². The Morgan fingerprint density at radius 2 is 1.87 bits per heavy atom. The molecule has 2 unspecified atom stereocenters. The highest BCUT2D eigenvalue weighted by molar-refractivity contribution is 7.89. The lowest BCUT2D eigenvalue weighted by Crippen LogP contribution is -2.52. The molecule has 0 bridgehead atoms. The van der Waals surface area contributed by atoms with Crippen molar-refractivity contribution in [1.29, 1.82) is 0 Å². The zero-order valence-electron chi connectivity index (χ0n) is 22.3. The molecule has 0 aliphatic carbocycles. The number of fused-ring (bicyclic) bond motifs is 2. The number of aryl methyl sites for hydroxylation is 1. The van der Waals surface area contributed by atoms with Crippen molar-refractivity contribution in [3.05, 3.63) is 71.3 Å². The molecule has 11 heteroatoms. The maximum Gasteiger partial charge on any atom is 0.264 e. The molecule has 3 amide bonds. The Hall–Kier alpha value is -3.96. The summed E-state index contributed by atoms with van der Waals surface area (Å²) >= 11 is 0. The van der Waals surface area contributed by atoms with E-state index in [9.17, 15) is 22.8 Å². The predicted molar refractivity (Wildman–Crippen MR) is 149 cm³/mol. The molecule has 39 heavy (non-hydrogen) atoms. The third kappa shape index (κ3) is 6.21. The lowest BCUT2D eigenvalue weighted by atomic mass is 10.00. The molecule has 0 aromatic heterocycles. The first-order valence-corrected chi connectivity index (χ1v) is 14.4. The monoisotopic (exact) mass is 552 g/mol. The van der Waals surface area contributed by atoms with Crippen LogP contribution in [0.4, 0.5) is 5.69 Å². The molecular formula is C28H32N4O6S. The van der Waals surface area contributed by atoms with Crippen LogP contribution in [0, 0.1) is 0 Å². The van der Waals surface area contributed by atoms with Crippen molar-refractivity contribution >= 4 is 44.2 Å². The zero-order valence-corrected chi connectivity index (χ0v) is 23.1. The number of carbonyl (C=O) groups is 3. The van der Waals surface area contributed by atoms with Gasteiger partial charge in [0.05, 0.1) is 26.0 Å². The zero-order chi connectivity index (χ0) is 28.3. The van der Waals surface area contributed by atoms with E-state index in [-0.39, 0.29) is 23.9 Å². The molecule has 1 aliphatic heterocycles. The van der Waals surface area contributed by atoms with E-state index in [0.29, 0.717) is 29.5 Å². The molecule has 2 atom stereocenters. The van der Waals surface area contributed by atoms with Gasteiger partial charge < -0.3 is 20.3 Å². The molecule has 0 fully saturated rings. The maximum atomic E-state index is 13.9. The molecule has 4 rings (SSSR count). The van der Waals surface area contributed by atoms with Crippen molar-refractivity contribution in [3.8, 4) is 5.75 Å². The Balaban J connectivity index is 1.76. The quantitative estimate of drug-likeness (QED) is 0.390. The van der Waals surface area contributed by atoms with Gasteiger partial charge in [0, 0.05) is 16.8 Å². The maximum absolute atomic E-state index is 13.9. The third-order valence-electron chi connectivity index (χ3n) is 6.86. The second-order valence-electron chi connectivity index (χ2n) is 9.55. The van der Waals surface area contributed by atoms with Gasteiger partial charge in [0.1, 0.15) is 11.8 Å². The highest BCUT2D eigenvalue weighted by Crippen LogP contribution is 2.34. The van der Waals surface area contributed by atoms with E-state index in [1.165, 1.54) is 6.07 Å². The number of sulfonamides is 1. The van der Waals surface area contributed by atoms with Crippen LogP contribution < -0.4 is 25.0 Å². The fourth-order valence-corrected chi connectivity index (χ4v) is 5.15. The number of rotatable bonds is 8. The van der Waals surface area contributed by atoms with Gasteiger partial charge in [-0.1, -0.05) is 30.3 Å². The van der Waals surface area contributed by atoms with Gasteiger partial charge in [0.25, 0.3) is 5.91 Å². The molecule has 3 N–H and O–H groups in total. The summed E-state index contributed by atoms with van der Waals surface area (Å²) in [6.45, 7) is 1.88. The third-order valence-corrected chi connectivity index (χ3v) is 7.41. The van der Waals surface area contributed by atoms with Gasteiger partial charge in [0.15, 0.2) is 0 Å². The number of para-hydroxylation sites is 1. The number of nitrogens with one attached hydrogen (secondary N) is 3. The molecule has 10 nitrogen and oxygen atoms in total. The molecular weight excluding hydrogens is 520 g/mol. The lowest BCUT2D eigenvalue weighted by molar-refractivity contribution is -0.128. The van der Waals surface area contributed by atoms with E-state index in [1.807, 2.05) is 29.0 Å². The van der Waals surface area contributed by atoms with E-state index >= 15 is 0 Å². The van der Waals surface area contributed by atoms with Crippen LogP contribution in [0.15, 0.2) is 54.6 Å². The number of ether oxygens (including phenoxy) is 1. The van der Waals surface area contributed by atoms with Crippen molar-refractivity contribution in [2.45, 2.75) is 38.4 Å². The first kappa shape index (κ1) is 28.1. The lowest BCUT2D eigenvalue weighted by Gasteiger charge is -2.28. The van der Waals surface area contributed by atoms with Crippen molar-refractivity contribution in [2.75, 3.05) is 25.3 Å². The number of benzene rings is 3. The SMILES string of the molecule is CNC(C)C(=O)NC1CCc2ccccc2N(Cc2c(OC)ccc3cc(C(=O)NS(C)(=O)=O)ccc23)C1=O. The standard InChI is InChI=1S/C28H32N4O6S/c1-17(29-2)26(33)30-23-13-10-18-7-5-6-8-24(18)32(28(23)35)16-22-21-12-9-20(27(34)31-39(4,36)37)15-19(21)11-14-25(22)38-3/h5-9,11-12,14-15,17,23,29H,10,13,16H2,1-4H3,(H,30,33)(H,31,34). The number of amides is 3. The van der Waals surface area contributed by atoms with Crippen molar-refractivity contribution < 1.29 is 27.5 Å². The largest absolute Gasteiger partial charge is 0.496 e. The Kier molecular flexibility index (Phi) is 8.22. The Labute approximate surface area is 227 Å². The molecule has 206 valence electrons. The summed E-state index contributed by atoms with van der Waals surface area (Å²) in [4.78, 5) is 40.7. The molecule has 0 radical (unpaired) electrons. The molecule has 3 aromatic carbocycles. The van der Waals surface area contributed by atoms with Crippen molar-refractivity contribution in [1.82, 2.24) is 15.4 Å². The summed E-state index contributed by atoms with van der Waals surface area (Å²) in [5, 5.41) is 7.21. The van der Waals surface area contributed by atoms with Gasteiger partial charge in [-0.05, 0) is 67.4 Å². The average Bonchev–Trinajstić information content (AvgIpc) is 3.03. The van der Waals surface area contributed by atoms with Crippen LogP contribution in [0.5, 0.6) is 5.75 Å². The van der Waals surface area contributed by atoms with Gasteiger partial charge in [0.2, 0.25) is 21.8 Å². The average molecular weight is 553 g/mol. The number of nitrogens with zero attached hydrogens (tertiary/aromatic N) is 1. The van der Waals surface area contributed by atoms with Crippen LogP contribution >= 0.6 is 0 Å². The first-order valence-electron chi connectivity index (χ1n) is 12.5. The fourth-order valence-electron chi connectivity index (χ4n) is 4.70. The summed E-state index contributed by atoms with van der Waals surface area (Å²) in [6.07, 6.45) is 1.99. The number of hydrogen-bond acceptors (Lipinski definition) is 7. The Morgan fingerprint density at radius 1 is 1.13 bits per heavy atom. The molecule has 3 aromatic rings. The Bertz CT molecular complexity index is 1540. The van der Waals surface area contributed by atoms with E-state index in [0.717, 1.165) is 22.9 Å². The number of likely N-dealkylation sites (N-methyl/N-ethyl adjacent to an activating group) is 1. The number of methoxy groups -OCH3 is 1. The number of carbonyl (C=O) groups excluding carboxylic acids is 3. The van der Waals surface area contributed by atoms with E-state index in [1.54, 1.807) is 50.2 Å². The van der Waals surface area contributed by atoms with Gasteiger partial charge >= 0.3 is 0 Å². The second kappa shape index (κ2) is 11.4. The van der Waals surface area contributed by atoms with E-state index in [4.69, 9.17) is 4.74 Å². The minimum absolute atomic E-state index is 0.152. The number of hydrogen-bond donors (Lipinski definition) is 3. The molecule has 0 saturated carbocycles. The molecule has 1 aliphatic rings. The second-order valence-corrected chi connectivity index (χ2v) is 11.3. The Morgan fingerprint density at radius 3 is 2.56 bits per heavy atom. The molecule has 1 heterocycles. The minimum atomic E-state index is -3.72. The van der Waals surface area contributed by atoms with E-state index in [2.05, 4.69) is 10.6 Å². The van der Waals surface area contributed by atoms with Crippen LogP contribution in [0.2, 0.25) is 0 Å². The topological polar surface area (TPSA) is 134 Å². The van der Waals surface area contributed by atoms with Crippen molar-refractivity contribution in [2.24, 2.45) is 0 Å². The normalized spacial score (nSPS) is 16.3. The summed E-state index contributed by atoms with van der Waals surface area (Å²) in [5.74, 6) is -0.679. The molecule has 0 saturated heterocycles. The summed E-state index contributed by atoms with van der Waals surface area (Å²) < 4.78 is 30.7.